The zero-order valence-electron chi connectivity index (χ0n) is 8.91. The summed E-state index contributed by atoms with van der Waals surface area (Å²) in [5.74, 6) is 0. The van der Waals surface area contributed by atoms with Gasteiger partial charge >= 0.3 is 94.5 Å². The molecule has 0 saturated carbocycles. The van der Waals surface area contributed by atoms with E-state index >= 15 is 0 Å². The van der Waals surface area contributed by atoms with Crippen LogP contribution in [0.25, 0.3) is 0 Å². The van der Waals surface area contributed by atoms with Gasteiger partial charge < -0.3 is 0 Å². The predicted octanol–water partition coefficient (Wildman–Crippen LogP) is 2.22. The molecule has 1 nitrogen and oxygen atoms in total. The first-order valence-corrected chi connectivity index (χ1v) is 5.66. The molecule has 0 amide bonds. The van der Waals surface area contributed by atoms with Crippen LogP contribution in [0.4, 0.5) is 0 Å². The summed E-state index contributed by atoms with van der Waals surface area (Å²) in [6.07, 6.45) is 1.08. The first kappa shape index (κ1) is 10.2. The fourth-order valence-electron chi connectivity index (χ4n) is 1.99. The van der Waals surface area contributed by atoms with Gasteiger partial charge in [0.25, 0.3) is 0 Å². The molecule has 0 aliphatic carbocycles. The van der Waals surface area contributed by atoms with Crippen LogP contribution in [-0.4, -0.2) is 16.3 Å². The third-order valence-corrected chi connectivity index (χ3v) is 3.83. The van der Waals surface area contributed by atoms with E-state index in [2.05, 4.69) is 61.0 Å². The monoisotopic (exact) mass is 224 g/mol. The molecule has 1 heterocycles. The van der Waals surface area contributed by atoms with Gasteiger partial charge in [0.05, 0.1) is 0 Å². The van der Waals surface area contributed by atoms with Crippen molar-refractivity contribution in [2.24, 2.45) is 0 Å². The summed E-state index contributed by atoms with van der Waals surface area (Å²) in [4.78, 5) is 2.35. The second-order valence-corrected chi connectivity index (χ2v) is 4.89. The van der Waals surface area contributed by atoms with Crippen molar-refractivity contribution in [2.75, 3.05) is 7.05 Å². The Hall–Kier alpha value is -0.366. The number of aryl methyl sites for hydroxylation is 1. The van der Waals surface area contributed by atoms with E-state index < -0.39 is 0 Å². The Bertz CT molecular complexity index is 384. The standard InChI is InChI=1S/C12H15N.V/c1-9-4-5-11-6-7-13(3)10(2)12(11)8-9;/h4-5,8,10H,6H2,1-3H3;. The van der Waals surface area contributed by atoms with Gasteiger partial charge in [-0.3, -0.25) is 0 Å². The molecule has 1 aliphatic rings. The molecular weight excluding hydrogens is 209 g/mol. The topological polar surface area (TPSA) is 3.24 Å². The summed E-state index contributed by atoms with van der Waals surface area (Å²) in [7, 11) is 2.17. The third kappa shape index (κ3) is 1.60. The van der Waals surface area contributed by atoms with Crippen LogP contribution in [0.1, 0.15) is 29.7 Å². The second-order valence-electron chi connectivity index (χ2n) is 4.08. The fourth-order valence-corrected chi connectivity index (χ4v) is 2.53. The number of hydrogen-bond acceptors (Lipinski definition) is 1. The Labute approximate surface area is 94.6 Å². The molecule has 0 radical (unpaired) electrons. The summed E-state index contributed by atoms with van der Waals surface area (Å²) in [6.45, 7) is 4.43. The maximum absolute atomic E-state index is 2.69. The molecule has 0 spiro atoms. The van der Waals surface area contributed by atoms with E-state index in [1.165, 1.54) is 21.0 Å². The van der Waals surface area contributed by atoms with Gasteiger partial charge in [-0.15, -0.1) is 0 Å². The molecule has 0 N–H and O–H groups in total. The molecule has 73 valence electrons. The van der Waals surface area contributed by atoms with Crippen molar-refractivity contribution in [3.8, 4) is 0 Å². The predicted molar refractivity (Wildman–Crippen MR) is 56.1 cm³/mol. The second kappa shape index (κ2) is 3.65. The number of hydrogen-bond donors (Lipinski definition) is 0. The molecule has 2 rings (SSSR count). The Balaban J connectivity index is 2.51. The molecular formula is C12H15NV. The number of benzene rings is 1. The van der Waals surface area contributed by atoms with Crippen molar-refractivity contribution >= 4 is 4.35 Å². The van der Waals surface area contributed by atoms with E-state index in [1.807, 2.05) is 0 Å². The normalized spacial score (nSPS) is 22.1. The van der Waals surface area contributed by atoms with Crippen LogP contribution in [-0.2, 0) is 23.4 Å². The first-order valence-electron chi connectivity index (χ1n) is 4.96. The average molecular weight is 224 g/mol. The number of likely N-dealkylation sites (N-methyl/N-ethyl adjacent to an activating group) is 1. The molecule has 1 aliphatic heterocycles. The van der Waals surface area contributed by atoms with Crippen LogP contribution in [0, 0.1) is 6.92 Å². The summed E-state index contributed by atoms with van der Waals surface area (Å²) in [5, 5.41) is 0. The summed E-state index contributed by atoms with van der Waals surface area (Å²) in [5.41, 5.74) is 4.33. The van der Waals surface area contributed by atoms with Gasteiger partial charge in [0, 0.05) is 0 Å². The molecule has 14 heavy (non-hydrogen) atoms. The number of nitrogens with zero attached hydrogens (tertiary/aromatic N) is 1. The molecule has 1 unspecified atom stereocenters. The van der Waals surface area contributed by atoms with Gasteiger partial charge in [-0.1, -0.05) is 0 Å². The van der Waals surface area contributed by atoms with Crippen LogP contribution < -0.4 is 0 Å². The molecule has 2 heteroatoms. The van der Waals surface area contributed by atoms with Crippen molar-refractivity contribution in [3.63, 3.8) is 0 Å². The first-order chi connectivity index (χ1) is 6.59. The van der Waals surface area contributed by atoms with Crippen LogP contribution >= 0.6 is 0 Å². The van der Waals surface area contributed by atoms with Crippen molar-refractivity contribution in [3.05, 3.63) is 34.9 Å². The zero-order chi connectivity index (χ0) is 10.3. The van der Waals surface area contributed by atoms with E-state index in [4.69, 9.17) is 0 Å². The van der Waals surface area contributed by atoms with Gasteiger partial charge in [-0.05, 0) is 0 Å². The number of rotatable bonds is 0. The minimum absolute atomic E-state index is 0.511. The Morgan fingerprint density at radius 3 is 2.86 bits per heavy atom. The number of fused-ring (bicyclic) bond motifs is 1. The summed E-state index contributed by atoms with van der Waals surface area (Å²) < 4.78 is 1.40. The van der Waals surface area contributed by atoms with E-state index in [-0.39, 0.29) is 0 Å². The molecule has 0 fully saturated rings. The molecule has 0 saturated heterocycles. The van der Waals surface area contributed by atoms with Gasteiger partial charge in [0.2, 0.25) is 0 Å². The minimum atomic E-state index is 0.511. The van der Waals surface area contributed by atoms with Crippen LogP contribution in [0.5, 0.6) is 0 Å². The Morgan fingerprint density at radius 2 is 2.14 bits per heavy atom. The molecule has 0 bridgehead atoms. The van der Waals surface area contributed by atoms with Gasteiger partial charge in [-0.25, -0.2) is 0 Å². The van der Waals surface area contributed by atoms with Crippen LogP contribution in [0.3, 0.4) is 0 Å². The third-order valence-electron chi connectivity index (χ3n) is 3.09. The van der Waals surface area contributed by atoms with E-state index in [9.17, 15) is 0 Å². The SMILES string of the molecule is Cc1ccc2c(c1)C(C)N(C)[C](=[V])C2. The van der Waals surface area contributed by atoms with Gasteiger partial charge in [0.1, 0.15) is 0 Å². The molecule has 1 atom stereocenters. The quantitative estimate of drug-likeness (QED) is 0.653. The van der Waals surface area contributed by atoms with Crippen molar-refractivity contribution < 1.29 is 17.0 Å². The summed E-state index contributed by atoms with van der Waals surface area (Å²) in [6, 6.07) is 7.30. The average Bonchev–Trinajstić information content (AvgIpc) is 2.16. The Kier molecular flexibility index (Phi) is 2.65. The fraction of sp³-hybridized carbons (Fsp3) is 0.417. The van der Waals surface area contributed by atoms with Gasteiger partial charge in [0.15, 0.2) is 0 Å². The molecule has 1 aromatic rings. The van der Waals surface area contributed by atoms with Crippen molar-refractivity contribution in [1.29, 1.82) is 0 Å². The summed E-state index contributed by atoms with van der Waals surface area (Å²) >= 11 is 2.69. The van der Waals surface area contributed by atoms with Crippen LogP contribution in [0.15, 0.2) is 18.2 Å². The Morgan fingerprint density at radius 1 is 1.43 bits per heavy atom. The van der Waals surface area contributed by atoms with Gasteiger partial charge in [-0.2, -0.15) is 0 Å². The zero-order valence-corrected chi connectivity index (χ0v) is 10.3. The van der Waals surface area contributed by atoms with Crippen LogP contribution in [0.2, 0.25) is 0 Å². The van der Waals surface area contributed by atoms with E-state index in [0.29, 0.717) is 6.04 Å². The molecule has 0 aromatic heterocycles. The van der Waals surface area contributed by atoms with E-state index in [1.54, 1.807) is 0 Å². The van der Waals surface area contributed by atoms with Crippen molar-refractivity contribution in [1.82, 2.24) is 4.90 Å². The maximum atomic E-state index is 2.69. The van der Waals surface area contributed by atoms with E-state index in [0.717, 1.165) is 6.42 Å². The van der Waals surface area contributed by atoms with Crippen molar-refractivity contribution in [2.45, 2.75) is 26.3 Å². The molecule has 1 aromatic carbocycles.